The second-order valence-electron chi connectivity index (χ2n) is 3.89. The van der Waals surface area contributed by atoms with E-state index in [9.17, 15) is 9.18 Å². The highest BCUT2D eigenvalue weighted by Gasteiger charge is 2.11. The van der Waals surface area contributed by atoms with Crippen LogP contribution in [0.2, 0.25) is 0 Å². The van der Waals surface area contributed by atoms with Gasteiger partial charge in [-0.1, -0.05) is 12.1 Å². The molecule has 20 heavy (non-hydrogen) atoms. The lowest BCUT2D eigenvalue weighted by atomic mass is 10.3. The number of aromatic nitrogens is 1. The fourth-order valence-corrected chi connectivity index (χ4v) is 2.14. The number of hydrogen-bond acceptors (Lipinski definition) is 5. The fourth-order valence-electron chi connectivity index (χ4n) is 1.46. The number of halogens is 1. The number of ether oxygens (including phenoxy) is 1. The minimum atomic E-state index is -0.426. The number of para-hydroxylation sites is 1. The third-order valence-electron chi connectivity index (χ3n) is 2.40. The summed E-state index contributed by atoms with van der Waals surface area (Å²) < 4.78 is 18.7. The van der Waals surface area contributed by atoms with Gasteiger partial charge in [0.25, 0.3) is 5.91 Å². The Hall–Kier alpha value is -1.99. The van der Waals surface area contributed by atoms with Crippen molar-refractivity contribution in [3.05, 3.63) is 46.2 Å². The van der Waals surface area contributed by atoms with Crippen molar-refractivity contribution >= 4 is 17.2 Å². The van der Waals surface area contributed by atoms with E-state index >= 15 is 0 Å². The lowest BCUT2D eigenvalue weighted by molar-refractivity contribution is 0.0950. The van der Waals surface area contributed by atoms with Gasteiger partial charge in [0, 0.05) is 18.5 Å². The van der Waals surface area contributed by atoms with Gasteiger partial charge in [0.2, 0.25) is 0 Å². The minimum absolute atomic E-state index is 0.121. The topological polar surface area (TPSA) is 77.2 Å². The van der Waals surface area contributed by atoms with Crippen LogP contribution in [0.25, 0.3) is 0 Å². The van der Waals surface area contributed by atoms with Crippen molar-refractivity contribution in [2.45, 2.75) is 6.61 Å². The summed E-state index contributed by atoms with van der Waals surface area (Å²) in [7, 11) is 0. The maximum atomic E-state index is 13.3. The Morgan fingerprint density at radius 3 is 3.00 bits per heavy atom. The highest BCUT2D eigenvalue weighted by molar-refractivity contribution is 7.09. The van der Waals surface area contributed by atoms with E-state index in [1.165, 1.54) is 23.5 Å². The molecule has 0 saturated carbocycles. The summed E-state index contributed by atoms with van der Waals surface area (Å²) in [5.41, 5.74) is 5.61. The Morgan fingerprint density at radius 2 is 2.25 bits per heavy atom. The Balaban J connectivity index is 1.93. The van der Waals surface area contributed by atoms with Crippen molar-refractivity contribution in [1.82, 2.24) is 10.3 Å². The van der Waals surface area contributed by atoms with Gasteiger partial charge in [0.15, 0.2) is 11.6 Å². The molecule has 1 aromatic carbocycles. The molecule has 0 unspecified atom stereocenters. The number of carbonyl (C=O) groups is 1. The monoisotopic (exact) mass is 295 g/mol. The van der Waals surface area contributed by atoms with E-state index in [0.717, 1.165) is 0 Å². The van der Waals surface area contributed by atoms with Gasteiger partial charge in [0.05, 0.1) is 0 Å². The lowest BCUT2D eigenvalue weighted by Gasteiger charge is -2.04. The molecule has 0 bridgehead atoms. The highest BCUT2D eigenvalue weighted by Crippen LogP contribution is 2.18. The number of amides is 1. The molecule has 0 fully saturated rings. The molecule has 1 heterocycles. The third-order valence-corrected chi connectivity index (χ3v) is 3.22. The van der Waals surface area contributed by atoms with Crippen LogP contribution in [0.3, 0.4) is 0 Å². The van der Waals surface area contributed by atoms with Gasteiger partial charge in [0.1, 0.15) is 17.3 Å². The largest absolute Gasteiger partial charge is 0.483 e. The first kappa shape index (κ1) is 14.4. The Labute approximate surface area is 119 Å². The SMILES string of the molecule is NCCNC(=O)c1csc(COc2ccccc2F)n1. The molecule has 7 heteroatoms. The molecule has 2 aromatic rings. The maximum absolute atomic E-state index is 13.3. The number of benzene rings is 1. The summed E-state index contributed by atoms with van der Waals surface area (Å²) in [6.07, 6.45) is 0. The van der Waals surface area contributed by atoms with Crippen LogP contribution in [-0.2, 0) is 6.61 Å². The zero-order valence-electron chi connectivity index (χ0n) is 10.6. The maximum Gasteiger partial charge on any atom is 0.270 e. The van der Waals surface area contributed by atoms with Crippen molar-refractivity contribution in [3.63, 3.8) is 0 Å². The third kappa shape index (κ3) is 3.75. The molecule has 0 aliphatic rings. The molecule has 106 valence electrons. The first-order valence-electron chi connectivity index (χ1n) is 6.00. The number of carbonyl (C=O) groups excluding carboxylic acids is 1. The van der Waals surface area contributed by atoms with Crippen molar-refractivity contribution in [1.29, 1.82) is 0 Å². The molecular weight excluding hydrogens is 281 g/mol. The standard InChI is InChI=1S/C13H14FN3O2S/c14-9-3-1-2-4-11(9)19-7-12-17-10(8-20-12)13(18)16-6-5-15/h1-4,8H,5-7,15H2,(H,16,18). The average Bonchev–Trinajstić information content (AvgIpc) is 2.93. The van der Waals surface area contributed by atoms with E-state index < -0.39 is 5.82 Å². The molecule has 3 N–H and O–H groups in total. The Kier molecular flexibility index (Phi) is 5.03. The molecule has 0 aliphatic carbocycles. The summed E-state index contributed by atoms with van der Waals surface area (Å²) in [4.78, 5) is 15.7. The van der Waals surface area contributed by atoms with E-state index in [4.69, 9.17) is 10.5 Å². The predicted octanol–water partition coefficient (Wildman–Crippen LogP) is 1.55. The van der Waals surface area contributed by atoms with Gasteiger partial charge >= 0.3 is 0 Å². The summed E-state index contributed by atoms with van der Waals surface area (Å²) in [6, 6.07) is 6.14. The zero-order valence-corrected chi connectivity index (χ0v) is 11.5. The van der Waals surface area contributed by atoms with E-state index in [-0.39, 0.29) is 18.3 Å². The van der Waals surface area contributed by atoms with Crippen LogP contribution in [0.15, 0.2) is 29.6 Å². The molecule has 0 saturated heterocycles. The lowest BCUT2D eigenvalue weighted by Crippen LogP contribution is -2.29. The van der Waals surface area contributed by atoms with Gasteiger partial charge in [-0.3, -0.25) is 4.79 Å². The number of nitrogens with two attached hydrogens (primary N) is 1. The summed E-state index contributed by atoms with van der Waals surface area (Å²) >= 11 is 1.29. The second-order valence-corrected chi connectivity index (χ2v) is 4.83. The van der Waals surface area contributed by atoms with Gasteiger partial charge in [-0.2, -0.15) is 0 Å². The van der Waals surface area contributed by atoms with Crippen molar-refractivity contribution in [3.8, 4) is 5.75 Å². The van der Waals surface area contributed by atoms with Gasteiger partial charge in [-0.05, 0) is 12.1 Å². The molecule has 5 nitrogen and oxygen atoms in total. The normalized spacial score (nSPS) is 10.3. The quantitative estimate of drug-likeness (QED) is 0.847. The number of nitrogens with one attached hydrogen (secondary N) is 1. The highest BCUT2D eigenvalue weighted by atomic mass is 32.1. The summed E-state index contributed by atoms with van der Waals surface area (Å²) in [6.45, 7) is 0.895. The number of rotatable bonds is 6. The van der Waals surface area contributed by atoms with Crippen LogP contribution in [0.5, 0.6) is 5.75 Å². The van der Waals surface area contributed by atoms with Crippen molar-refractivity contribution in [2.24, 2.45) is 5.73 Å². The first-order chi connectivity index (χ1) is 9.70. The van der Waals surface area contributed by atoms with Crippen LogP contribution in [0, 0.1) is 5.82 Å². The smallest absolute Gasteiger partial charge is 0.270 e. The molecule has 0 radical (unpaired) electrons. The molecule has 0 atom stereocenters. The average molecular weight is 295 g/mol. The molecule has 0 spiro atoms. The second kappa shape index (κ2) is 6.97. The number of thiazole rings is 1. The van der Waals surface area contributed by atoms with Crippen LogP contribution in [0.1, 0.15) is 15.5 Å². The van der Waals surface area contributed by atoms with Crippen molar-refractivity contribution in [2.75, 3.05) is 13.1 Å². The number of hydrogen-bond donors (Lipinski definition) is 2. The van der Waals surface area contributed by atoms with Crippen LogP contribution in [0.4, 0.5) is 4.39 Å². The van der Waals surface area contributed by atoms with E-state index in [0.29, 0.717) is 23.8 Å². The first-order valence-corrected chi connectivity index (χ1v) is 6.88. The minimum Gasteiger partial charge on any atom is -0.483 e. The van der Waals surface area contributed by atoms with E-state index in [2.05, 4.69) is 10.3 Å². The van der Waals surface area contributed by atoms with Crippen LogP contribution < -0.4 is 15.8 Å². The molecule has 1 amide bonds. The molecular formula is C13H14FN3O2S. The van der Waals surface area contributed by atoms with Gasteiger partial charge in [-0.15, -0.1) is 11.3 Å². The van der Waals surface area contributed by atoms with Crippen LogP contribution >= 0.6 is 11.3 Å². The summed E-state index contributed by atoms with van der Waals surface area (Å²) in [5, 5.41) is 4.86. The summed E-state index contributed by atoms with van der Waals surface area (Å²) in [5.74, 6) is -0.536. The molecule has 0 aliphatic heterocycles. The Bertz CT molecular complexity index is 589. The molecule has 1 aromatic heterocycles. The van der Waals surface area contributed by atoms with E-state index in [1.54, 1.807) is 17.5 Å². The molecule has 2 rings (SSSR count). The van der Waals surface area contributed by atoms with Gasteiger partial charge < -0.3 is 15.8 Å². The zero-order chi connectivity index (χ0) is 14.4. The fraction of sp³-hybridized carbons (Fsp3) is 0.231. The van der Waals surface area contributed by atoms with Crippen LogP contribution in [-0.4, -0.2) is 24.0 Å². The predicted molar refractivity (Wildman–Crippen MR) is 74.2 cm³/mol. The Morgan fingerprint density at radius 1 is 1.45 bits per heavy atom. The number of nitrogens with zero attached hydrogens (tertiary/aromatic N) is 1. The van der Waals surface area contributed by atoms with Gasteiger partial charge in [-0.25, -0.2) is 9.37 Å². The van der Waals surface area contributed by atoms with Crippen molar-refractivity contribution < 1.29 is 13.9 Å². The van der Waals surface area contributed by atoms with E-state index in [1.807, 2.05) is 0 Å².